The van der Waals surface area contributed by atoms with Crippen molar-refractivity contribution in [1.29, 1.82) is 0 Å². The van der Waals surface area contributed by atoms with E-state index in [1.807, 2.05) is 21.1 Å². The van der Waals surface area contributed by atoms with E-state index in [0.717, 1.165) is 70.6 Å². The zero-order valence-electron chi connectivity index (χ0n) is 28.1. The first kappa shape index (κ1) is 41.7. The molecule has 0 saturated heterocycles. The highest BCUT2D eigenvalue weighted by atomic mass is 31.2. The van der Waals surface area contributed by atoms with Gasteiger partial charge in [-0.05, 0) is 44.9 Å². The van der Waals surface area contributed by atoms with E-state index in [1.165, 1.54) is 25.7 Å². The van der Waals surface area contributed by atoms with Crippen LogP contribution < -0.4 is 10.2 Å². The molecule has 0 aliphatic carbocycles. The molecule has 0 radical (unpaired) electrons. The Morgan fingerprint density at radius 3 is 2.05 bits per heavy atom. The van der Waals surface area contributed by atoms with Gasteiger partial charge >= 0.3 is 0 Å². The third kappa shape index (κ3) is 29.2. The highest BCUT2D eigenvalue weighted by Crippen LogP contribution is 2.38. The van der Waals surface area contributed by atoms with Crippen molar-refractivity contribution >= 4 is 13.7 Å². The molecule has 0 rings (SSSR count). The van der Waals surface area contributed by atoms with Crippen molar-refractivity contribution in [2.45, 2.75) is 135 Å². The summed E-state index contributed by atoms with van der Waals surface area (Å²) < 4.78 is 22.9. The number of phosphoric acid groups is 1. The number of nitrogens with zero attached hydrogens (tertiary/aromatic N) is 1. The summed E-state index contributed by atoms with van der Waals surface area (Å²) in [6.07, 6.45) is 29.1. The van der Waals surface area contributed by atoms with Crippen LogP contribution in [-0.2, 0) is 18.4 Å². The molecule has 0 aliphatic rings. The normalized spacial score (nSPS) is 15.4. The summed E-state index contributed by atoms with van der Waals surface area (Å²) in [4.78, 5) is 24.9. The maximum absolute atomic E-state index is 12.6. The molecule has 0 spiro atoms. The van der Waals surface area contributed by atoms with Crippen LogP contribution in [0.4, 0.5) is 0 Å². The van der Waals surface area contributed by atoms with Crippen molar-refractivity contribution in [2.24, 2.45) is 0 Å². The van der Waals surface area contributed by atoms with Crippen molar-refractivity contribution in [2.75, 3.05) is 40.9 Å². The third-order valence-corrected chi connectivity index (χ3v) is 8.11. The number of rotatable bonds is 29. The largest absolute Gasteiger partial charge is 0.756 e. The fourth-order valence-corrected chi connectivity index (χ4v) is 5.13. The Hall–Kier alpha value is -1.28. The minimum absolute atomic E-state index is 0.00731. The van der Waals surface area contributed by atoms with Crippen LogP contribution in [0.1, 0.15) is 123 Å². The van der Waals surface area contributed by atoms with Gasteiger partial charge < -0.3 is 28.8 Å². The Kier molecular flexibility index (Phi) is 26.3. The summed E-state index contributed by atoms with van der Waals surface area (Å²) in [6.45, 7) is 4.44. The van der Waals surface area contributed by atoms with Crippen LogP contribution in [0, 0.1) is 0 Å². The molecule has 0 fully saturated rings. The molecule has 0 aromatic heterocycles. The molecule has 3 atom stereocenters. The summed E-state index contributed by atoms with van der Waals surface area (Å²) in [6, 6.07) is -0.800. The second-order valence-corrected chi connectivity index (χ2v) is 13.9. The standard InChI is InChI=1S/C34H65N2O6P/c1-6-8-10-12-13-14-15-16-17-18-19-20-21-22-23-24-26-28-34(38)35-32(33(37)27-25-11-9-7-2)31-42-43(39,40)41-30-29-36(3,4)5/h8,10,13-14,16-17,32-33,37H,6-7,9,11-12,15,18-31H2,1-5H3,(H-,35,38,39,40)/b10-8-,14-13-,17-16-. The van der Waals surface area contributed by atoms with Crippen molar-refractivity contribution in [3.8, 4) is 0 Å². The molecule has 2 N–H and O–H groups in total. The van der Waals surface area contributed by atoms with E-state index in [-0.39, 0.29) is 19.1 Å². The molecule has 0 bridgehead atoms. The van der Waals surface area contributed by atoms with E-state index in [1.54, 1.807) is 0 Å². The zero-order chi connectivity index (χ0) is 32.2. The van der Waals surface area contributed by atoms with Gasteiger partial charge in [0.25, 0.3) is 7.82 Å². The van der Waals surface area contributed by atoms with E-state index in [0.29, 0.717) is 23.9 Å². The van der Waals surface area contributed by atoms with Gasteiger partial charge in [0.1, 0.15) is 13.2 Å². The first-order valence-corrected chi connectivity index (χ1v) is 18.3. The van der Waals surface area contributed by atoms with Gasteiger partial charge in [-0.15, -0.1) is 0 Å². The highest BCUT2D eigenvalue weighted by molar-refractivity contribution is 7.45. The number of quaternary nitrogens is 1. The summed E-state index contributed by atoms with van der Waals surface area (Å²) >= 11 is 0. The van der Waals surface area contributed by atoms with Crippen molar-refractivity contribution in [3.63, 3.8) is 0 Å². The lowest BCUT2D eigenvalue weighted by molar-refractivity contribution is -0.870. The number of hydrogen-bond acceptors (Lipinski definition) is 6. The molecule has 43 heavy (non-hydrogen) atoms. The number of aliphatic hydroxyl groups is 1. The SMILES string of the molecule is CC/C=C\C/C=C\C/C=C\CCCCCCCCCC(=O)NC(COP(=O)([O-])OCC[N+](C)(C)C)C(O)CCCCCC. The quantitative estimate of drug-likeness (QED) is 0.0387. The van der Waals surface area contributed by atoms with Crippen LogP contribution >= 0.6 is 7.82 Å². The molecule has 8 nitrogen and oxygen atoms in total. The Morgan fingerprint density at radius 1 is 0.837 bits per heavy atom. The van der Waals surface area contributed by atoms with Crippen LogP contribution in [0.2, 0.25) is 0 Å². The van der Waals surface area contributed by atoms with Crippen LogP contribution in [-0.4, -0.2) is 68.5 Å². The summed E-state index contributed by atoms with van der Waals surface area (Å²) in [5, 5.41) is 13.5. The Labute approximate surface area is 264 Å². The van der Waals surface area contributed by atoms with Crippen molar-refractivity contribution in [3.05, 3.63) is 36.5 Å². The number of aliphatic hydroxyl groups excluding tert-OH is 1. The van der Waals surface area contributed by atoms with Gasteiger partial charge in [0.2, 0.25) is 5.91 Å². The summed E-state index contributed by atoms with van der Waals surface area (Å²) in [5.74, 6) is -0.188. The molecule has 0 aromatic rings. The van der Waals surface area contributed by atoms with Crippen LogP contribution in [0.25, 0.3) is 0 Å². The molecule has 1 amide bonds. The lowest BCUT2D eigenvalue weighted by atomic mass is 10.0. The molecule has 0 aromatic carbocycles. The van der Waals surface area contributed by atoms with E-state index in [9.17, 15) is 19.4 Å². The number of carbonyl (C=O) groups is 1. The van der Waals surface area contributed by atoms with Crippen LogP contribution in [0.3, 0.4) is 0 Å². The first-order chi connectivity index (χ1) is 20.5. The van der Waals surface area contributed by atoms with Crippen LogP contribution in [0.5, 0.6) is 0 Å². The lowest BCUT2D eigenvalue weighted by Gasteiger charge is -2.30. The van der Waals surface area contributed by atoms with Gasteiger partial charge in [-0.25, -0.2) is 0 Å². The number of amides is 1. The number of carbonyl (C=O) groups excluding carboxylic acids is 1. The highest BCUT2D eigenvalue weighted by Gasteiger charge is 2.24. The molecule has 0 saturated carbocycles. The Morgan fingerprint density at radius 2 is 1.42 bits per heavy atom. The lowest BCUT2D eigenvalue weighted by Crippen LogP contribution is -2.46. The molecular formula is C34H65N2O6P. The Balaban J connectivity index is 4.27. The number of nitrogens with one attached hydrogen (secondary N) is 1. The predicted octanol–water partition coefficient (Wildman–Crippen LogP) is 7.38. The minimum Gasteiger partial charge on any atom is -0.756 e. The van der Waals surface area contributed by atoms with E-state index >= 15 is 0 Å². The van der Waals surface area contributed by atoms with E-state index in [2.05, 4.69) is 55.6 Å². The van der Waals surface area contributed by atoms with Gasteiger partial charge in [-0.2, -0.15) is 0 Å². The average molecular weight is 629 g/mol. The number of likely N-dealkylation sites (N-methyl/N-ethyl adjacent to an activating group) is 1. The summed E-state index contributed by atoms with van der Waals surface area (Å²) in [7, 11) is 1.28. The maximum atomic E-state index is 12.6. The average Bonchev–Trinajstić information content (AvgIpc) is 2.94. The topological polar surface area (TPSA) is 108 Å². The summed E-state index contributed by atoms with van der Waals surface area (Å²) in [5.41, 5.74) is 0. The number of allylic oxidation sites excluding steroid dienone is 6. The van der Waals surface area contributed by atoms with Gasteiger partial charge in [-0.3, -0.25) is 9.36 Å². The smallest absolute Gasteiger partial charge is 0.268 e. The molecular weight excluding hydrogens is 563 g/mol. The molecule has 9 heteroatoms. The predicted molar refractivity (Wildman–Crippen MR) is 178 cm³/mol. The molecule has 3 unspecified atom stereocenters. The van der Waals surface area contributed by atoms with E-state index < -0.39 is 20.0 Å². The third-order valence-electron chi connectivity index (χ3n) is 7.14. The molecule has 0 aliphatic heterocycles. The van der Waals surface area contributed by atoms with Crippen LogP contribution in [0.15, 0.2) is 36.5 Å². The fraction of sp³-hybridized carbons (Fsp3) is 0.794. The second-order valence-electron chi connectivity index (χ2n) is 12.5. The van der Waals surface area contributed by atoms with Gasteiger partial charge in [-0.1, -0.05) is 108 Å². The zero-order valence-corrected chi connectivity index (χ0v) is 29.0. The molecule has 252 valence electrons. The van der Waals surface area contributed by atoms with Gasteiger partial charge in [0.05, 0.1) is 39.9 Å². The maximum Gasteiger partial charge on any atom is 0.268 e. The van der Waals surface area contributed by atoms with Crippen molar-refractivity contribution in [1.82, 2.24) is 5.32 Å². The van der Waals surface area contributed by atoms with Crippen molar-refractivity contribution < 1.29 is 32.9 Å². The second kappa shape index (κ2) is 27.1. The number of hydrogen-bond donors (Lipinski definition) is 2. The Bertz CT molecular complexity index is 809. The number of phosphoric ester groups is 1. The first-order valence-electron chi connectivity index (χ1n) is 16.8. The monoisotopic (exact) mass is 628 g/mol. The molecule has 0 heterocycles. The van der Waals surface area contributed by atoms with Gasteiger partial charge in [0, 0.05) is 6.42 Å². The van der Waals surface area contributed by atoms with E-state index in [4.69, 9.17) is 9.05 Å². The van der Waals surface area contributed by atoms with Gasteiger partial charge in [0.15, 0.2) is 0 Å². The minimum atomic E-state index is -4.54. The number of unbranched alkanes of at least 4 members (excludes halogenated alkanes) is 10. The fourth-order valence-electron chi connectivity index (χ4n) is 4.40.